The number of aryl methyl sites for hydroxylation is 1. The van der Waals surface area contributed by atoms with Crippen molar-refractivity contribution in [2.24, 2.45) is 0 Å². The van der Waals surface area contributed by atoms with Gasteiger partial charge in [0.25, 0.3) is 0 Å². The van der Waals surface area contributed by atoms with Crippen LogP contribution in [0, 0.1) is 6.92 Å². The van der Waals surface area contributed by atoms with Gasteiger partial charge in [-0.1, -0.05) is 24.3 Å². The summed E-state index contributed by atoms with van der Waals surface area (Å²) in [4.78, 5) is 24.2. The van der Waals surface area contributed by atoms with E-state index >= 15 is 0 Å². The van der Waals surface area contributed by atoms with E-state index in [1.54, 1.807) is 0 Å². The van der Waals surface area contributed by atoms with Crippen LogP contribution in [0.1, 0.15) is 12.0 Å². The molecule has 2 amide bonds. The second-order valence-electron chi connectivity index (χ2n) is 5.35. The largest absolute Gasteiger partial charge is 1.00 e. The summed E-state index contributed by atoms with van der Waals surface area (Å²) in [7, 11) is 0. The van der Waals surface area contributed by atoms with Crippen LogP contribution in [0.25, 0.3) is 0 Å². The molecule has 2 aromatic carbocycles. The molecule has 1 aliphatic heterocycles. The van der Waals surface area contributed by atoms with Crippen LogP contribution in [0.2, 0.25) is 0 Å². The summed E-state index contributed by atoms with van der Waals surface area (Å²) in [6, 6.07) is 14.4. The lowest BCUT2D eigenvalue weighted by Crippen LogP contribution is -3.00. The summed E-state index contributed by atoms with van der Waals surface area (Å²) < 4.78 is 0. The van der Waals surface area contributed by atoms with Crippen molar-refractivity contribution in [3.8, 4) is 0 Å². The lowest BCUT2D eigenvalue weighted by Gasteiger charge is -2.26. The van der Waals surface area contributed by atoms with Gasteiger partial charge in [0, 0.05) is 5.69 Å². The van der Waals surface area contributed by atoms with E-state index in [0.29, 0.717) is 0 Å². The Bertz CT molecular complexity index is 733. The summed E-state index contributed by atoms with van der Waals surface area (Å²) in [5.41, 5.74) is 3.38. The molecule has 23 heavy (non-hydrogen) atoms. The topological polar surface area (TPSA) is 70.2 Å². The van der Waals surface area contributed by atoms with Crippen molar-refractivity contribution in [1.82, 2.24) is 0 Å². The van der Waals surface area contributed by atoms with E-state index in [9.17, 15) is 9.59 Å². The number of hydrogen-bond acceptors (Lipinski definition) is 3. The summed E-state index contributed by atoms with van der Waals surface area (Å²) in [5, 5.41) is 8.72. The molecule has 0 aromatic heterocycles. The standard InChI is InChI=1S/C17H17N3O2.ClH/c1-11-5-4-6-12(9-11)18-16(21)10-15-17(22)20-14-8-3-2-7-13(14)19-15;/h2-9,15,19H,10H2,1H3,(H,18,21)(H,20,22);1H/p-1. The van der Waals surface area contributed by atoms with Crippen LogP contribution in [0.4, 0.5) is 17.1 Å². The molecule has 1 heterocycles. The fraction of sp³-hybridized carbons (Fsp3) is 0.176. The van der Waals surface area contributed by atoms with Crippen molar-refractivity contribution in [3.05, 3.63) is 54.1 Å². The van der Waals surface area contributed by atoms with Crippen molar-refractivity contribution in [2.75, 3.05) is 16.0 Å². The van der Waals surface area contributed by atoms with Gasteiger partial charge in [-0.3, -0.25) is 9.59 Å². The van der Waals surface area contributed by atoms with Gasteiger partial charge in [0.2, 0.25) is 11.8 Å². The van der Waals surface area contributed by atoms with Crippen molar-refractivity contribution in [3.63, 3.8) is 0 Å². The molecule has 0 saturated carbocycles. The number of nitrogens with one attached hydrogen (secondary N) is 3. The van der Waals surface area contributed by atoms with E-state index in [4.69, 9.17) is 0 Å². The molecule has 0 aliphatic carbocycles. The number of amides is 2. The molecule has 1 aliphatic rings. The number of halogens is 1. The van der Waals surface area contributed by atoms with Crippen LogP contribution in [0.15, 0.2) is 48.5 Å². The third kappa shape index (κ3) is 4.02. The minimum atomic E-state index is -0.570. The number of para-hydroxylation sites is 2. The minimum Gasteiger partial charge on any atom is -1.00 e. The quantitative estimate of drug-likeness (QED) is 0.727. The van der Waals surface area contributed by atoms with Gasteiger partial charge in [-0.15, -0.1) is 0 Å². The average Bonchev–Trinajstić information content (AvgIpc) is 2.48. The predicted octanol–water partition coefficient (Wildman–Crippen LogP) is -0.240. The number of carbonyl (C=O) groups excluding carboxylic acids is 2. The number of rotatable bonds is 3. The molecule has 3 rings (SSSR count). The van der Waals surface area contributed by atoms with E-state index in [1.807, 2.05) is 55.5 Å². The van der Waals surface area contributed by atoms with Gasteiger partial charge in [-0.05, 0) is 36.8 Å². The number of hydrogen-bond donors (Lipinski definition) is 3. The highest BCUT2D eigenvalue weighted by atomic mass is 35.5. The fourth-order valence-corrected chi connectivity index (χ4v) is 2.46. The molecular formula is C17H17ClN3O2-. The summed E-state index contributed by atoms with van der Waals surface area (Å²) in [6.45, 7) is 1.96. The molecule has 0 saturated heterocycles. The molecule has 0 spiro atoms. The lowest BCUT2D eigenvalue weighted by atomic mass is 10.1. The van der Waals surface area contributed by atoms with E-state index in [2.05, 4.69) is 16.0 Å². The van der Waals surface area contributed by atoms with Crippen molar-refractivity contribution in [1.29, 1.82) is 0 Å². The van der Waals surface area contributed by atoms with Gasteiger partial charge in [0.05, 0.1) is 17.8 Å². The molecule has 120 valence electrons. The Morgan fingerprint density at radius 3 is 2.61 bits per heavy atom. The highest BCUT2D eigenvalue weighted by Gasteiger charge is 2.27. The van der Waals surface area contributed by atoms with Gasteiger partial charge in [0.1, 0.15) is 6.04 Å². The van der Waals surface area contributed by atoms with Crippen molar-refractivity contribution in [2.45, 2.75) is 19.4 Å². The molecule has 1 atom stereocenters. The maximum Gasteiger partial charge on any atom is 0.247 e. The van der Waals surface area contributed by atoms with Crippen LogP contribution in [-0.2, 0) is 9.59 Å². The van der Waals surface area contributed by atoms with Crippen molar-refractivity contribution < 1.29 is 22.0 Å². The maximum atomic E-state index is 12.1. The first kappa shape index (κ1) is 16.8. The lowest BCUT2D eigenvalue weighted by molar-refractivity contribution is -0.122. The van der Waals surface area contributed by atoms with Gasteiger partial charge in [0.15, 0.2) is 0 Å². The Morgan fingerprint density at radius 2 is 1.87 bits per heavy atom. The number of fused-ring (bicyclic) bond motifs is 1. The molecule has 0 fully saturated rings. The highest BCUT2D eigenvalue weighted by molar-refractivity contribution is 6.06. The van der Waals surface area contributed by atoms with Gasteiger partial charge in [-0.25, -0.2) is 0 Å². The third-order valence-electron chi connectivity index (χ3n) is 3.52. The summed E-state index contributed by atoms with van der Waals surface area (Å²) >= 11 is 0. The Balaban J connectivity index is 0.00000192. The zero-order chi connectivity index (χ0) is 15.5. The normalized spacial score (nSPS) is 15.5. The zero-order valence-corrected chi connectivity index (χ0v) is 13.4. The Hall–Kier alpha value is -2.53. The molecule has 3 N–H and O–H groups in total. The van der Waals surface area contributed by atoms with E-state index in [0.717, 1.165) is 22.6 Å². The number of anilines is 3. The van der Waals surface area contributed by atoms with Gasteiger partial charge in [-0.2, -0.15) is 0 Å². The van der Waals surface area contributed by atoms with Crippen LogP contribution in [0.3, 0.4) is 0 Å². The molecule has 0 bridgehead atoms. The van der Waals surface area contributed by atoms with Crippen molar-refractivity contribution >= 4 is 28.9 Å². The maximum absolute atomic E-state index is 12.1. The Morgan fingerprint density at radius 1 is 1.13 bits per heavy atom. The molecule has 2 aromatic rings. The second-order valence-corrected chi connectivity index (χ2v) is 5.35. The first-order chi connectivity index (χ1) is 10.6. The van der Waals surface area contributed by atoms with Crippen LogP contribution in [-0.4, -0.2) is 17.9 Å². The van der Waals surface area contributed by atoms with Crippen LogP contribution in [0.5, 0.6) is 0 Å². The molecular weight excluding hydrogens is 314 g/mol. The first-order valence-corrected chi connectivity index (χ1v) is 7.15. The number of benzene rings is 2. The molecule has 6 heteroatoms. The minimum absolute atomic E-state index is 0. The Kier molecular flexibility index (Phi) is 5.24. The van der Waals surface area contributed by atoms with E-state index in [1.165, 1.54) is 0 Å². The monoisotopic (exact) mass is 330 g/mol. The summed E-state index contributed by atoms with van der Waals surface area (Å²) in [6.07, 6.45) is 0.0775. The first-order valence-electron chi connectivity index (χ1n) is 7.15. The van der Waals surface area contributed by atoms with Crippen LogP contribution >= 0.6 is 0 Å². The van der Waals surface area contributed by atoms with E-state index in [-0.39, 0.29) is 30.6 Å². The molecule has 0 radical (unpaired) electrons. The molecule has 5 nitrogen and oxygen atoms in total. The smallest absolute Gasteiger partial charge is 0.247 e. The number of carbonyl (C=O) groups is 2. The van der Waals surface area contributed by atoms with Gasteiger partial charge < -0.3 is 28.4 Å². The molecule has 1 unspecified atom stereocenters. The highest BCUT2D eigenvalue weighted by Crippen LogP contribution is 2.26. The van der Waals surface area contributed by atoms with E-state index < -0.39 is 6.04 Å². The fourth-order valence-electron chi connectivity index (χ4n) is 2.46. The average molecular weight is 331 g/mol. The Labute approximate surface area is 140 Å². The zero-order valence-electron chi connectivity index (χ0n) is 12.6. The third-order valence-corrected chi connectivity index (χ3v) is 3.52. The predicted molar refractivity (Wildman–Crippen MR) is 86.9 cm³/mol. The van der Waals surface area contributed by atoms with Gasteiger partial charge >= 0.3 is 0 Å². The second kappa shape index (κ2) is 7.15. The SMILES string of the molecule is Cc1cccc(NC(=O)CC2Nc3ccccc3NC2=O)c1.[Cl-]. The summed E-state index contributed by atoms with van der Waals surface area (Å²) in [5.74, 6) is -0.393. The van der Waals surface area contributed by atoms with Crippen LogP contribution < -0.4 is 28.4 Å².